The molecule has 1 aromatic carbocycles. The molecule has 1 saturated heterocycles. The Morgan fingerprint density at radius 2 is 1.94 bits per heavy atom. The molecule has 3 atom stereocenters. The molecule has 32 heavy (non-hydrogen) atoms. The van der Waals surface area contributed by atoms with Gasteiger partial charge in [-0.15, -0.1) is 0 Å². The van der Waals surface area contributed by atoms with Crippen molar-refractivity contribution < 1.29 is 14.4 Å². The second-order valence-corrected chi connectivity index (χ2v) is 9.28. The van der Waals surface area contributed by atoms with Gasteiger partial charge in [-0.05, 0) is 51.1 Å². The molecule has 2 aliphatic rings. The molecule has 1 heterocycles. The van der Waals surface area contributed by atoms with E-state index in [9.17, 15) is 9.59 Å². The molecule has 174 valence electrons. The fourth-order valence-electron chi connectivity index (χ4n) is 4.56. The van der Waals surface area contributed by atoms with Crippen LogP contribution < -0.4 is 5.32 Å². The van der Waals surface area contributed by atoms with E-state index in [1.165, 1.54) is 6.42 Å². The minimum atomic E-state index is -0.468. The van der Waals surface area contributed by atoms with Crippen LogP contribution in [0.15, 0.2) is 35.5 Å². The van der Waals surface area contributed by atoms with Gasteiger partial charge in [-0.3, -0.25) is 9.59 Å². The standard InChI is InChI=1S/C24H37BN4O3/c1-18(28(2)25)23(30)27-22(20-12-7-4-8-13-20)24(31)29-15-9-14-21(29)16-26-32-17-19-10-5-3-6-11-19/h3,5-6,10-11,16,18,20-22H,4,7-9,12-15,17,25H2,1-2H3,(H,27,30)/t18-,21?,22-/m0/s1. The molecule has 0 aromatic heterocycles. The third kappa shape index (κ3) is 6.58. The van der Waals surface area contributed by atoms with Crippen molar-refractivity contribution in [2.75, 3.05) is 13.6 Å². The van der Waals surface area contributed by atoms with Crippen LogP contribution >= 0.6 is 0 Å². The fourth-order valence-corrected chi connectivity index (χ4v) is 4.56. The average molecular weight is 440 g/mol. The lowest BCUT2D eigenvalue weighted by molar-refractivity contribution is -0.139. The first-order valence-electron chi connectivity index (χ1n) is 11.9. The molecular formula is C24H37BN4O3. The number of likely N-dealkylation sites (tertiary alicyclic amines) is 1. The summed E-state index contributed by atoms with van der Waals surface area (Å²) < 4.78 is 0. The smallest absolute Gasteiger partial charge is 0.245 e. The van der Waals surface area contributed by atoms with Gasteiger partial charge in [0.1, 0.15) is 12.6 Å². The summed E-state index contributed by atoms with van der Waals surface area (Å²) >= 11 is 0. The molecule has 0 bridgehead atoms. The lowest BCUT2D eigenvalue weighted by atomic mass is 9.83. The maximum Gasteiger partial charge on any atom is 0.245 e. The van der Waals surface area contributed by atoms with Gasteiger partial charge in [-0.1, -0.05) is 54.8 Å². The first-order chi connectivity index (χ1) is 15.5. The number of benzene rings is 1. The number of nitrogens with zero attached hydrogens (tertiary/aromatic N) is 3. The van der Waals surface area contributed by atoms with E-state index in [4.69, 9.17) is 4.84 Å². The van der Waals surface area contributed by atoms with E-state index in [0.717, 1.165) is 44.1 Å². The van der Waals surface area contributed by atoms with Gasteiger partial charge in [0.25, 0.3) is 0 Å². The summed E-state index contributed by atoms with van der Waals surface area (Å²) in [5, 5.41) is 7.26. The van der Waals surface area contributed by atoms with Crippen molar-refractivity contribution in [2.24, 2.45) is 11.1 Å². The minimum absolute atomic E-state index is 0.0215. The molecule has 1 N–H and O–H groups in total. The molecule has 2 amide bonds. The summed E-state index contributed by atoms with van der Waals surface area (Å²) in [5.41, 5.74) is 1.05. The van der Waals surface area contributed by atoms with Crippen molar-refractivity contribution in [3.05, 3.63) is 35.9 Å². The van der Waals surface area contributed by atoms with Gasteiger partial charge in [0, 0.05) is 6.54 Å². The lowest BCUT2D eigenvalue weighted by Gasteiger charge is -2.35. The van der Waals surface area contributed by atoms with E-state index in [1.807, 2.05) is 62.0 Å². The van der Waals surface area contributed by atoms with Crippen molar-refractivity contribution >= 4 is 26.0 Å². The normalized spacial score (nSPS) is 21.6. The van der Waals surface area contributed by atoms with Crippen LogP contribution in [0.25, 0.3) is 0 Å². The van der Waals surface area contributed by atoms with E-state index in [-0.39, 0.29) is 29.8 Å². The highest BCUT2D eigenvalue weighted by molar-refractivity contribution is 6.06. The largest absolute Gasteiger partial charge is 0.391 e. The zero-order chi connectivity index (χ0) is 22.9. The molecule has 1 unspecified atom stereocenters. The molecule has 0 spiro atoms. The zero-order valence-electron chi connectivity index (χ0n) is 19.7. The van der Waals surface area contributed by atoms with Crippen molar-refractivity contribution in [1.82, 2.24) is 15.0 Å². The summed E-state index contributed by atoms with van der Waals surface area (Å²) in [5.74, 6) is 0.129. The molecule has 0 radical (unpaired) electrons. The predicted molar refractivity (Wildman–Crippen MR) is 129 cm³/mol. The van der Waals surface area contributed by atoms with Gasteiger partial charge >= 0.3 is 0 Å². The highest BCUT2D eigenvalue weighted by Crippen LogP contribution is 2.29. The fraction of sp³-hybridized carbons (Fsp3) is 0.625. The van der Waals surface area contributed by atoms with E-state index < -0.39 is 6.04 Å². The Morgan fingerprint density at radius 1 is 1.22 bits per heavy atom. The maximum absolute atomic E-state index is 13.6. The number of likely N-dealkylation sites (N-methyl/N-ethyl adjacent to an activating group) is 1. The number of nitrogens with one attached hydrogen (secondary N) is 1. The Balaban J connectivity index is 1.65. The Morgan fingerprint density at radius 3 is 2.62 bits per heavy atom. The molecule has 2 fully saturated rings. The highest BCUT2D eigenvalue weighted by atomic mass is 16.6. The minimum Gasteiger partial charge on any atom is -0.391 e. The van der Waals surface area contributed by atoms with Crippen molar-refractivity contribution in [2.45, 2.75) is 76.6 Å². The van der Waals surface area contributed by atoms with Crippen LogP contribution in [0.1, 0.15) is 57.4 Å². The highest BCUT2D eigenvalue weighted by Gasteiger charge is 2.38. The monoisotopic (exact) mass is 440 g/mol. The molecular weight excluding hydrogens is 403 g/mol. The second-order valence-electron chi connectivity index (χ2n) is 9.28. The van der Waals surface area contributed by atoms with E-state index in [2.05, 4.69) is 10.5 Å². The molecule has 1 aliphatic carbocycles. The molecule has 7 nitrogen and oxygen atoms in total. The molecule has 8 heteroatoms. The predicted octanol–water partition coefficient (Wildman–Crippen LogP) is 2.11. The molecule has 3 rings (SSSR count). The van der Waals surface area contributed by atoms with Crippen molar-refractivity contribution in [3.63, 3.8) is 0 Å². The zero-order valence-corrected chi connectivity index (χ0v) is 19.7. The first-order valence-corrected chi connectivity index (χ1v) is 11.9. The van der Waals surface area contributed by atoms with Crippen LogP contribution in [-0.4, -0.2) is 67.4 Å². The Labute approximate surface area is 193 Å². The number of hydrogen-bond acceptors (Lipinski definition) is 5. The van der Waals surface area contributed by atoms with Crippen LogP contribution in [0.2, 0.25) is 0 Å². The lowest BCUT2D eigenvalue weighted by Crippen LogP contribution is -2.56. The maximum atomic E-state index is 13.6. The van der Waals surface area contributed by atoms with Gasteiger partial charge in [-0.25, -0.2) is 0 Å². The Hall–Kier alpha value is -2.35. The Bertz CT molecular complexity index is 768. The average Bonchev–Trinajstić information content (AvgIpc) is 3.29. The van der Waals surface area contributed by atoms with Gasteiger partial charge in [0.05, 0.1) is 18.3 Å². The van der Waals surface area contributed by atoms with Gasteiger partial charge in [0.15, 0.2) is 7.98 Å². The van der Waals surface area contributed by atoms with E-state index in [0.29, 0.717) is 13.2 Å². The number of carbonyl (C=O) groups is 2. The van der Waals surface area contributed by atoms with Crippen LogP contribution in [0.3, 0.4) is 0 Å². The number of amides is 2. The van der Waals surface area contributed by atoms with Gasteiger partial charge in [-0.2, -0.15) is 0 Å². The van der Waals surface area contributed by atoms with E-state index >= 15 is 0 Å². The quantitative estimate of drug-likeness (QED) is 0.363. The summed E-state index contributed by atoms with van der Waals surface area (Å²) in [4.78, 5) is 35.7. The Kier molecular flexibility index (Phi) is 9.15. The number of hydrogen-bond donors (Lipinski definition) is 1. The number of carbonyl (C=O) groups excluding carboxylic acids is 2. The first kappa shape index (κ1) is 24.3. The molecule has 1 aromatic rings. The summed E-state index contributed by atoms with van der Waals surface area (Å²) in [7, 11) is 3.76. The summed E-state index contributed by atoms with van der Waals surface area (Å²) in [6.45, 7) is 2.96. The summed E-state index contributed by atoms with van der Waals surface area (Å²) in [6.07, 6.45) is 8.95. The topological polar surface area (TPSA) is 74.2 Å². The van der Waals surface area contributed by atoms with Gasteiger partial charge < -0.3 is 19.9 Å². The SMILES string of the molecule is BN(C)[C@@H](C)C(=O)N[C@H](C(=O)N1CCCC1C=NOCc1ccccc1)C1CCCCC1. The number of rotatable bonds is 9. The second kappa shape index (κ2) is 12.0. The number of oxime groups is 1. The third-order valence-electron chi connectivity index (χ3n) is 6.80. The van der Waals surface area contributed by atoms with E-state index in [1.54, 1.807) is 6.21 Å². The molecule has 1 saturated carbocycles. The van der Waals surface area contributed by atoms with Crippen LogP contribution in [0, 0.1) is 5.92 Å². The van der Waals surface area contributed by atoms with Crippen LogP contribution in [-0.2, 0) is 21.0 Å². The molecule has 1 aliphatic heterocycles. The van der Waals surface area contributed by atoms with Gasteiger partial charge in [0.2, 0.25) is 11.8 Å². The van der Waals surface area contributed by atoms with Crippen molar-refractivity contribution in [3.8, 4) is 0 Å². The van der Waals surface area contributed by atoms with Crippen LogP contribution in [0.5, 0.6) is 0 Å². The van der Waals surface area contributed by atoms with Crippen LogP contribution in [0.4, 0.5) is 0 Å². The third-order valence-corrected chi connectivity index (χ3v) is 6.80. The summed E-state index contributed by atoms with van der Waals surface area (Å²) in [6, 6.07) is 9.05. The van der Waals surface area contributed by atoms with Crippen molar-refractivity contribution in [1.29, 1.82) is 0 Å².